The summed E-state index contributed by atoms with van der Waals surface area (Å²) in [5, 5.41) is 15.0. The van der Waals surface area contributed by atoms with Gasteiger partial charge in [0.15, 0.2) is 5.78 Å². The molecular weight excluding hydrogens is 465 g/mol. The molecule has 1 aromatic heterocycles. The fourth-order valence-corrected chi connectivity index (χ4v) is 4.45. The van der Waals surface area contributed by atoms with Crippen LogP contribution in [-0.4, -0.2) is 41.5 Å². The maximum Gasteiger partial charge on any atom is 0.573 e. The van der Waals surface area contributed by atoms with Gasteiger partial charge in [-0.05, 0) is 43.4 Å². The number of carbonyl (C=O) groups is 3. The number of nitrogens with one attached hydrogen (secondary N) is 3. The van der Waals surface area contributed by atoms with Crippen molar-refractivity contribution in [3.8, 4) is 11.8 Å². The van der Waals surface area contributed by atoms with E-state index in [1.165, 1.54) is 18.2 Å². The first-order valence-corrected chi connectivity index (χ1v) is 11.5. The molecule has 1 aliphatic carbocycles. The van der Waals surface area contributed by atoms with Crippen LogP contribution in [0, 0.1) is 29.1 Å². The molecule has 35 heavy (non-hydrogen) atoms. The fourth-order valence-electron chi connectivity index (χ4n) is 4.45. The van der Waals surface area contributed by atoms with Crippen molar-refractivity contribution >= 4 is 28.5 Å². The van der Waals surface area contributed by atoms with E-state index < -0.39 is 35.8 Å². The van der Waals surface area contributed by atoms with Gasteiger partial charge in [-0.2, -0.15) is 5.26 Å². The van der Waals surface area contributed by atoms with Crippen molar-refractivity contribution in [2.75, 3.05) is 6.54 Å². The molecule has 1 aromatic carbocycles. The van der Waals surface area contributed by atoms with E-state index in [9.17, 15) is 32.8 Å². The number of H-pyrrole nitrogens is 1. The van der Waals surface area contributed by atoms with Crippen molar-refractivity contribution in [1.29, 1.82) is 5.26 Å². The van der Waals surface area contributed by atoms with Crippen molar-refractivity contribution in [3.63, 3.8) is 0 Å². The molecule has 2 aliphatic rings. The van der Waals surface area contributed by atoms with Crippen molar-refractivity contribution < 1.29 is 32.3 Å². The summed E-state index contributed by atoms with van der Waals surface area (Å²) in [6.45, 7) is 0.536. The molecule has 1 aliphatic heterocycles. The lowest BCUT2D eigenvalue weighted by Crippen LogP contribution is -2.40. The van der Waals surface area contributed by atoms with Crippen LogP contribution in [0.1, 0.15) is 49.0 Å². The number of Topliss-reactive ketones (excluding diaryl/α,β-unsaturated/α-hetero) is 1. The first-order chi connectivity index (χ1) is 16.6. The van der Waals surface area contributed by atoms with Crippen LogP contribution < -0.4 is 15.4 Å². The number of rotatable bonds is 10. The molecule has 0 bridgehead atoms. The van der Waals surface area contributed by atoms with Gasteiger partial charge in [-0.1, -0.05) is 18.9 Å². The van der Waals surface area contributed by atoms with Gasteiger partial charge in [0.1, 0.15) is 11.8 Å². The Morgan fingerprint density at radius 1 is 1.23 bits per heavy atom. The molecule has 186 valence electrons. The number of ether oxygens (including phenoxy) is 1. The number of ketones is 1. The van der Waals surface area contributed by atoms with E-state index in [0.717, 1.165) is 18.9 Å². The second-order valence-electron chi connectivity index (χ2n) is 9.15. The van der Waals surface area contributed by atoms with Gasteiger partial charge in [-0.3, -0.25) is 14.4 Å². The number of amides is 2. The van der Waals surface area contributed by atoms with E-state index in [2.05, 4.69) is 20.4 Å². The third kappa shape index (κ3) is 6.32. The minimum absolute atomic E-state index is 0.0753. The summed E-state index contributed by atoms with van der Waals surface area (Å²) < 4.78 is 42.2. The highest BCUT2D eigenvalue weighted by Crippen LogP contribution is 2.37. The van der Waals surface area contributed by atoms with E-state index in [0.29, 0.717) is 30.8 Å². The van der Waals surface area contributed by atoms with Crippen LogP contribution in [0.3, 0.4) is 0 Å². The van der Waals surface area contributed by atoms with Gasteiger partial charge in [-0.25, -0.2) is 0 Å². The molecule has 2 aromatic rings. The maximum absolute atomic E-state index is 13.0. The zero-order valence-electron chi connectivity index (χ0n) is 18.8. The summed E-state index contributed by atoms with van der Waals surface area (Å²) in [6, 6.07) is 6.53. The van der Waals surface area contributed by atoms with Gasteiger partial charge in [0.2, 0.25) is 11.8 Å². The Morgan fingerprint density at radius 2 is 2.00 bits per heavy atom. The third-order valence-electron chi connectivity index (χ3n) is 6.42. The Bertz CT molecular complexity index is 1170. The Labute approximate surface area is 199 Å². The highest BCUT2D eigenvalue weighted by atomic mass is 19.4. The molecule has 3 atom stereocenters. The van der Waals surface area contributed by atoms with Crippen molar-refractivity contribution in [2.45, 2.75) is 50.9 Å². The SMILES string of the molecule is N#CC(CC1CCNC1=O)NC(=O)C(CC(=O)c1cc2c(OC(F)(F)F)cccc2[nH]1)CC1CC1. The Morgan fingerprint density at radius 3 is 2.63 bits per heavy atom. The minimum atomic E-state index is -4.88. The third-order valence-corrected chi connectivity index (χ3v) is 6.42. The van der Waals surface area contributed by atoms with E-state index >= 15 is 0 Å². The van der Waals surface area contributed by atoms with Gasteiger partial charge >= 0.3 is 6.36 Å². The monoisotopic (exact) mass is 490 g/mol. The topological polar surface area (TPSA) is 124 Å². The number of hydrogen-bond donors (Lipinski definition) is 3. The smallest absolute Gasteiger partial charge is 0.405 e. The molecule has 0 radical (unpaired) electrons. The number of halogens is 3. The van der Waals surface area contributed by atoms with E-state index in [-0.39, 0.29) is 35.7 Å². The largest absolute Gasteiger partial charge is 0.573 e. The number of fused-ring (bicyclic) bond motifs is 1. The first kappa shape index (κ1) is 24.6. The Kier molecular flexibility index (Phi) is 7.00. The standard InChI is InChI=1S/C24H25F3N4O4/c25-24(26,27)35-21-3-1-2-18-17(21)11-19(31-18)20(32)10-15(8-13-4-5-13)23(34)30-16(12-28)9-14-6-7-29-22(14)33/h1-3,11,13-16,31H,4-10H2,(H,29,33)(H,30,34). The van der Waals surface area contributed by atoms with Crippen molar-refractivity contribution in [1.82, 2.24) is 15.6 Å². The minimum Gasteiger partial charge on any atom is -0.405 e. The number of nitrogens with zero attached hydrogens (tertiary/aromatic N) is 1. The molecule has 1 saturated carbocycles. The zero-order valence-corrected chi connectivity index (χ0v) is 18.8. The lowest BCUT2D eigenvalue weighted by atomic mass is 9.93. The highest BCUT2D eigenvalue weighted by molar-refractivity contribution is 6.02. The van der Waals surface area contributed by atoms with Crippen LogP contribution in [0.2, 0.25) is 0 Å². The summed E-state index contributed by atoms with van der Waals surface area (Å²) in [5.74, 6) is -2.16. The molecular formula is C24H25F3N4O4. The molecule has 2 heterocycles. The molecule has 8 nitrogen and oxygen atoms in total. The van der Waals surface area contributed by atoms with Crippen molar-refractivity contribution in [3.05, 3.63) is 30.0 Å². The van der Waals surface area contributed by atoms with Gasteiger partial charge in [0, 0.05) is 35.7 Å². The molecule has 4 rings (SSSR count). The number of aromatic nitrogens is 1. The van der Waals surface area contributed by atoms with Crippen LogP contribution in [0.5, 0.6) is 5.75 Å². The molecule has 1 saturated heterocycles. The first-order valence-electron chi connectivity index (χ1n) is 11.5. The molecule has 3 unspecified atom stereocenters. The lowest BCUT2D eigenvalue weighted by molar-refractivity contribution is -0.274. The molecule has 2 amide bonds. The maximum atomic E-state index is 13.0. The van der Waals surface area contributed by atoms with E-state index in [1.807, 2.05) is 6.07 Å². The predicted octanol–water partition coefficient (Wildman–Crippen LogP) is 3.59. The van der Waals surface area contributed by atoms with Crippen LogP contribution in [-0.2, 0) is 9.59 Å². The average molecular weight is 490 g/mol. The number of benzene rings is 1. The van der Waals surface area contributed by atoms with Crippen LogP contribution >= 0.6 is 0 Å². The Hall–Kier alpha value is -3.55. The van der Waals surface area contributed by atoms with Gasteiger partial charge < -0.3 is 20.4 Å². The molecule has 3 N–H and O–H groups in total. The summed E-state index contributed by atoms with van der Waals surface area (Å²) >= 11 is 0. The summed E-state index contributed by atoms with van der Waals surface area (Å²) in [6.07, 6.45) is -1.87. The second kappa shape index (κ2) is 9.98. The predicted molar refractivity (Wildman–Crippen MR) is 118 cm³/mol. The normalized spacial score (nSPS) is 19.6. The Balaban J connectivity index is 1.46. The number of aromatic amines is 1. The summed E-state index contributed by atoms with van der Waals surface area (Å²) in [4.78, 5) is 40.7. The fraction of sp³-hybridized carbons (Fsp3) is 0.500. The lowest BCUT2D eigenvalue weighted by Gasteiger charge is -2.19. The van der Waals surface area contributed by atoms with Gasteiger partial charge in [-0.15, -0.1) is 13.2 Å². The molecule has 0 spiro atoms. The zero-order chi connectivity index (χ0) is 25.2. The number of nitriles is 1. The molecule has 11 heteroatoms. The van der Waals surface area contributed by atoms with Gasteiger partial charge in [0.05, 0.1) is 11.8 Å². The molecule has 2 fully saturated rings. The van der Waals surface area contributed by atoms with Crippen LogP contribution in [0.4, 0.5) is 13.2 Å². The summed E-state index contributed by atoms with van der Waals surface area (Å²) in [7, 11) is 0. The number of alkyl halides is 3. The quantitative estimate of drug-likeness (QED) is 0.439. The number of hydrogen-bond acceptors (Lipinski definition) is 5. The highest BCUT2D eigenvalue weighted by Gasteiger charge is 2.35. The second-order valence-corrected chi connectivity index (χ2v) is 9.15. The van der Waals surface area contributed by atoms with Gasteiger partial charge in [0.25, 0.3) is 0 Å². The van der Waals surface area contributed by atoms with Crippen LogP contribution in [0.15, 0.2) is 24.3 Å². The average Bonchev–Trinajstić information content (AvgIpc) is 3.34. The number of carbonyl (C=O) groups excluding carboxylic acids is 3. The van der Waals surface area contributed by atoms with E-state index in [4.69, 9.17) is 0 Å². The summed E-state index contributed by atoms with van der Waals surface area (Å²) in [5.41, 5.74) is 0.379. The van der Waals surface area contributed by atoms with Crippen LogP contribution in [0.25, 0.3) is 10.9 Å². The van der Waals surface area contributed by atoms with E-state index in [1.54, 1.807) is 0 Å². The van der Waals surface area contributed by atoms with Crippen molar-refractivity contribution in [2.24, 2.45) is 17.8 Å².